The molecule has 2 heterocycles. The average molecular weight is 582 g/mol. The Labute approximate surface area is 208 Å². The summed E-state index contributed by atoms with van der Waals surface area (Å²) in [5, 5.41) is 4.06. The monoisotopic (exact) mass is 581 g/mol. The molecule has 1 aromatic heterocycles. The lowest BCUT2D eigenvalue weighted by Crippen LogP contribution is -2.19. The lowest BCUT2D eigenvalue weighted by atomic mass is 10.2. The van der Waals surface area contributed by atoms with E-state index in [0.29, 0.717) is 25.8 Å². The molecule has 8 heteroatoms. The minimum atomic E-state index is -0.184. The molecule has 1 saturated heterocycles. The Hall–Kier alpha value is -1.74. The SMILES string of the molecule is Cc1cc(-n2c(C)cc(/C=C3\SC(=Nc4cccc(Cl)c4Cl)NC3=O)c2C)ccc1I. The maximum absolute atomic E-state index is 12.5. The van der Waals surface area contributed by atoms with Gasteiger partial charge >= 0.3 is 0 Å². The molecular weight excluding hydrogens is 564 g/mol. The van der Waals surface area contributed by atoms with Crippen molar-refractivity contribution in [3.8, 4) is 5.69 Å². The van der Waals surface area contributed by atoms with Crippen LogP contribution in [0.4, 0.5) is 5.69 Å². The van der Waals surface area contributed by atoms with Crippen LogP contribution < -0.4 is 5.32 Å². The van der Waals surface area contributed by atoms with Gasteiger partial charge in [0.1, 0.15) is 0 Å². The van der Waals surface area contributed by atoms with E-state index in [0.717, 1.165) is 22.6 Å². The molecule has 0 radical (unpaired) electrons. The number of amides is 1. The fourth-order valence-electron chi connectivity index (χ4n) is 3.41. The van der Waals surface area contributed by atoms with Crippen LogP contribution in [0.15, 0.2) is 52.4 Å². The Morgan fingerprint density at radius 2 is 1.90 bits per heavy atom. The van der Waals surface area contributed by atoms with Gasteiger partial charge in [0.2, 0.25) is 0 Å². The number of aryl methyl sites for hydroxylation is 2. The molecule has 1 N–H and O–H groups in total. The molecule has 1 aliphatic heterocycles. The summed E-state index contributed by atoms with van der Waals surface area (Å²) in [7, 11) is 0. The van der Waals surface area contributed by atoms with E-state index < -0.39 is 0 Å². The van der Waals surface area contributed by atoms with Crippen molar-refractivity contribution in [2.75, 3.05) is 0 Å². The standard InChI is InChI=1S/C23H18Cl2IN3OS/c1-12-9-16(7-8-18(12)26)29-13(2)10-15(14(29)3)11-20-22(30)28-23(31-20)27-19-6-4-5-17(24)21(19)25/h4-11H,1-3H3,(H,27,28,30)/b20-11-. The number of carbonyl (C=O) groups is 1. The molecule has 31 heavy (non-hydrogen) atoms. The molecule has 0 bridgehead atoms. The number of hydrogen-bond donors (Lipinski definition) is 1. The first kappa shape index (κ1) is 22.5. The number of carbonyl (C=O) groups excluding carboxylic acids is 1. The van der Waals surface area contributed by atoms with Crippen LogP contribution in [0.25, 0.3) is 11.8 Å². The number of hydrogen-bond acceptors (Lipinski definition) is 3. The molecular formula is C23H18Cl2IN3OS. The average Bonchev–Trinajstić information content (AvgIpc) is 3.20. The summed E-state index contributed by atoms with van der Waals surface area (Å²) in [6.07, 6.45) is 1.90. The normalized spacial score (nSPS) is 16.4. The number of aliphatic imine (C=N–C) groups is 1. The van der Waals surface area contributed by atoms with Crippen molar-refractivity contribution < 1.29 is 4.79 Å². The van der Waals surface area contributed by atoms with Crippen molar-refractivity contribution in [2.24, 2.45) is 4.99 Å². The first-order chi connectivity index (χ1) is 14.7. The van der Waals surface area contributed by atoms with Gasteiger partial charge in [0.25, 0.3) is 5.91 Å². The molecule has 4 rings (SSSR count). The quantitative estimate of drug-likeness (QED) is 0.262. The smallest absolute Gasteiger partial charge is 0.264 e. The zero-order valence-electron chi connectivity index (χ0n) is 17.0. The van der Waals surface area contributed by atoms with E-state index in [1.807, 2.05) is 6.08 Å². The van der Waals surface area contributed by atoms with Gasteiger partial charge in [0, 0.05) is 20.6 Å². The molecule has 0 saturated carbocycles. The molecule has 2 aromatic carbocycles. The van der Waals surface area contributed by atoms with Crippen LogP contribution in [0.3, 0.4) is 0 Å². The minimum absolute atomic E-state index is 0.184. The Morgan fingerprint density at radius 1 is 1.13 bits per heavy atom. The third-order valence-electron chi connectivity index (χ3n) is 4.96. The van der Waals surface area contributed by atoms with E-state index in [9.17, 15) is 4.79 Å². The highest BCUT2D eigenvalue weighted by molar-refractivity contribution is 14.1. The third kappa shape index (κ3) is 4.58. The van der Waals surface area contributed by atoms with Gasteiger partial charge in [0.05, 0.1) is 20.6 Å². The second-order valence-corrected chi connectivity index (χ2v) is 10.1. The number of aromatic nitrogens is 1. The van der Waals surface area contributed by atoms with Gasteiger partial charge in [0.15, 0.2) is 5.17 Å². The highest BCUT2D eigenvalue weighted by atomic mass is 127. The number of rotatable bonds is 3. The zero-order chi connectivity index (χ0) is 22.3. The second-order valence-electron chi connectivity index (χ2n) is 7.15. The van der Waals surface area contributed by atoms with Crippen LogP contribution in [0.1, 0.15) is 22.5 Å². The Bertz CT molecular complexity index is 1280. The number of nitrogens with zero attached hydrogens (tertiary/aromatic N) is 2. The maximum Gasteiger partial charge on any atom is 0.264 e. The minimum Gasteiger partial charge on any atom is -0.318 e. The van der Waals surface area contributed by atoms with Crippen molar-refractivity contribution >= 4 is 80.4 Å². The van der Waals surface area contributed by atoms with E-state index in [4.69, 9.17) is 23.2 Å². The molecule has 1 fully saturated rings. The Balaban J connectivity index is 1.66. The van der Waals surface area contributed by atoms with Gasteiger partial charge in [-0.05, 0) is 109 Å². The number of amidine groups is 1. The highest BCUT2D eigenvalue weighted by Gasteiger charge is 2.25. The predicted molar refractivity (Wildman–Crippen MR) is 140 cm³/mol. The van der Waals surface area contributed by atoms with E-state index in [1.54, 1.807) is 18.2 Å². The van der Waals surface area contributed by atoms with Crippen molar-refractivity contribution in [1.82, 2.24) is 9.88 Å². The topological polar surface area (TPSA) is 46.4 Å². The summed E-state index contributed by atoms with van der Waals surface area (Å²) in [5.74, 6) is -0.184. The van der Waals surface area contributed by atoms with Crippen LogP contribution in [0, 0.1) is 24.3 Å². The van der Waals surface area contributed by atoms with E-state index >= 15 is 0 Å². The van der Waals surface area contributed by atoms with E-state index in [2.05, 4.69) is 82.5 Å². The van der Waals surface area contributed by atoms with Gasteiger partial charge in [-0.2, -0.15) is 0 Å². The summed E-state index contributed by atoms with van der Waals surface area (Å²) in [6, 6.07) is 13.7. The summed E-state index contributed by atoms with van der Waals surface area (Å²) in [4.78, 5) is 17.6. The molecule has 4 nitrogen and oxygen atoms in total. The third-order valence-corrected chi connectivity index (χ3v) is 7.89. The summed E-state index contributed by atoms with van der Waals surface area (Å²) < 4.78 is 3.44. The highest BCUT2D eigenvalue weighted by Crippen LogP contribution is 2.35. The summed E-state index contributed by atoms with van der Waals surface area (Å²) >= 11 is 15.9. The van der Waals surface area contributed by atoms with Gasteiger partial charge in [-0.1, -0.05) is 29.3 Å². The molecule has 0 unspecified atom stereocenters. The van der Waals surface area contributed by atoms with Crippen LogP contribution in [0.2, 0.25) is 10.0 Å². The lowest BCUT2D eigenvalue weighted by Gasteiger charge is -2.11. The molecule has 1 aliphatic rings. The molecule has 0 spiro atoms. The second kappa shape index (κ2) is 9.02. The molecule has 0 aliphatic carbocycles. The van der Waals surface area contributed by atoms with Crippen molar-refractivity contribution in [1.29, 1.82) is 0 Å². The van der Waals surface area contributed by atoms with Crippen LogP contribution in [-0.2, 0) is 4.79 Å². The zero-order valence-corrected chi connectivity index (χ0v) is 21.4. The van der Waals surface area contributed by atoms with Crippen molar-refractivity contribution in [2.45, 2.75) is 20.8 Å². The van der Waals surface area contributed by atoms with Crippen molar-refractivity contribution in [3.05, 3.63) is 83.5 Å². The first-order valence-corrected chi connectivity index (χ1v) is 12.1. The van der Waals surface area contributed by atoms with Crippen LogP contribution in [-0.4, -0.2) is 15.6 Å². The Morgan fingerprint density at radius 3 is 2.65 bits per heavy atom. The molecule has 1 amide bonds. The van der Waals surface area contributed by atoms with Crippen LogP contribution >= 0.6 is 57.6 Å². The summed E-state index contributed by atoms with van der Waals surface area (Å²) in [5.41, 5.74) is 6.03. The fourth-order valence-corrected chi connectivity index (χ4v) is 4.91. The van der Waals surface area contributed by atoms with Crippen molar-refractivity contribution in [3.63, 3.8) is 0 Å². The van der Waals surface area contributed by atoms with Gasteiger partial charge in [-0.15, -0.1) is 0 Å². The first-order valence-electron chi connectivity index (χ1n) is 9.43. The fraction of sp³-hybridized carbons (Fsp3) is 0.130. The lowest BCUT2D eigenvalue weighted by molar-refractivity contribution is -0.115. The number of benzene rings is 2. The van der Waals surface area contributed by atoms with Gasteiger partial charge in [-0.25, -0.2) is 4.99 Å². The van der Waals surface area contributed by atoms with E-state index in [-0.39, 0.29) is 5.91 Å². The predicted octanol–water partition coefficient (Wildman–Crippen LogP) is 7.21. The van der Waals surface area contributed by atoms with E-state index in [1.165, 1.54) is 20.9 Å². The number of nitrogens with one attached hydrogen (secondary N) is 1. The van der Waals surface area contributed by atoms with Gasteiger partial charge < -0.3 is 9.88 Å². The largest absolute Gasteiger partial charge is 0.318 e. The number of thioether (sulfide) groups is 1. The maximum atomic E-state index is 12.5. The molecule has 0 atom stereocenters. The molecule has 158 valence electrons. The van der Waals surface area contributed by atoms with Gasteiger partial charge in [-0.3, -0.25) is 4.79 Å². The summed E-state index contributed by atoms with van der Waals surface area (Å²) in [6.45, 7) is 6.23. The van der Waals surface area contributed by atoms with Crippen LogP contribution in [0.5, 0.6) is 0 Å². The Kier molecular flexibility index (Phi) is 6.53. The number of halogens is 3. The molecule has 3 aromatic rings.